The molecule has 3 aromatic rings. The highest BCUT2D eigenvalue weighted by Crippen LogP contribution is 2.53. The van der Waals surface area contributed by atoms with E-state index < -0.39 is 11.7 Å². The molecule has 32 heavy (non-hydrogen) atoms. The number of aromatic hydroxyl groups is 1. The summed E-state index contributed by atoms with van der Waals surface area (Å²) in [5, 5.41) is 9.86. The maximum atomic E-state index is 14.2. The zero-order chi connectivity index (χ0) is 22.5. The SMILES string of the molecule is CC(C)CC12OC(=O)c3ccccc3N1C(c1ccc(O)cc1)=C(c1ccccc1)C2=O. The summed E-state index contributed by atoms with van der Waals surface area (Å²) in [4.78, 5) is 29.1. The van der Waals surface area contributed by atoms with Gasteiger partial charge in [-0.3, -0.25) is 9.69 Å². The van der Waals surface area contributed by atoms with Gasteiger partial charge in [-0.05, 0) is 53.4 Å². The van der Waals surface area contributed by atoms with Crippen molar-refractivity contribution in [3.63, 3.8) is 0 Å². The minimum Gasteiger partial charge on any atom is -0.508 e. The van der Waals surface area contributed by atoms with E-state index in [-0.39, 0.29) is 17.5 Å². The first-order valence-corrected chi connectivity index (χ1v) is 10.7. The van der Waals surface area contributed by atoms with Gasteiger partial charge in [-0.2, -0.15) is 0 Å². The summed E-state index contributed by atoms with van der Waals surface area (Å²) in [6.45, 7) is 4.02. The number of hydrogen-bond acceptors (Lipinski definition) is 5. The fourth-order valence-corrected chi connectivity index (χ4v) is 4.70. The number of carbonyl (C=O) groups is 2. The standard InChI is InChI=1S/C27H23NO4/c1-17(2)16-27-25(30)23(18-8-4-3-5-9-18)24(19-12-14-20(29)15-13-19)28(27)22-11-7-6-10-21(22)26(31)32-27/h3-15,17,29H,16H2,1-2H3. The Kier molecular flexibility index (Phi) is 4.63. The van der Waals surface area contributed by atoms with Crippen molar-refractivity contribution in [3.8, 4) is 5.75 Å². The smallest absolute Gasteiger partial charge is 0.342 e. The van der Waals surface area contributed by atoms with Crippen LogP contribution in [0.15, 0.2) is 78.9 Å². The number of hydrogen-bond donors (Lipinski definition) is 1. The lowest BCUT2D eigenvalue weighted by Gasteiger charge is -2.44. The molecule has 0 aromatic heterocycles. The van der Waals surface area contributed by atoms with Gasteiger partial charge in [0, 0.05) is 6.42 Å². The molecule has 1 atom stereocenters. The molecular weight excluding hydrogens is 402 g/mol. The van der Waals surface area contributed by atoms with Gasteiger partial charge in [0.2, 0.25) is 5.78 Å². The Balaban J connectivity index is 1.86. The molecule has 0 spiro atoms. The third-order valence-corrected chi connectivity index (χ3v) is 5.92. The van der Waals surface area contributed by atoms with Crippen molar-refractivity contribution in [2.45, 2.75) is 26.0 Å². The molecule has 0 saturated heterocycles. The van der Waals surface area contributed by atoms with Crippen LogP contribution in [0.2, 0.25) is 0 Å². The zero-order valence-corrected chi connectivity index (χ0v) is 17.9. The van der Waals surface area contributed by atoms with Crippen LogP contribution in [-0.4, -0.2) is 22.6 Å². The molecule has 5 heteroatoms. The second-order valence-corrected chi connectivity index (χ2v) is 8.59. The van der Waals surface area contributed by atoms with Crippen molar-refractivity contribution < 1.29 is 19.4 Å². The van der Waals surface area contributed by atoms with E-state index in [2.05, 4.69) is 0 Å². The molecule has 2 aliphatic heterocycles. The Labute approximate surface area is 186 Å². The second kappa shape index (κ2) is 7.38. The third-order valence-electron chi connectivity index (χ3n) is 5.92. The Morgan fingerprint density at radius 2 is 1.53 bits per heavy atom. The van der Waals surface area contributed by atoms with Gasteiger partial charge < -0.3 is 9.84 Å². The summed E-state index contributed by atoms with van der Waals surface area (Å²) in [6, 6.07) is 23.4. The van der Waals surface area contributed by atoms with E-state index in [0.717, 1.165) is 11.1 Å². The van der Waals surface area contributed by atoms with Gasteiger partial charge in [0.15, 0.2) is 0 Å². The highest BCUT2D eigenvalue weighted by molar-refractivity contribution is 6.38. The average molecular weight is 425 g/mol. The van der Waals surface area contributed by atoms with Crippen molar-refractivity contribution in [1.82, 2.24) is 0 Å². The number of rotatable bonds is 4. The molecule has 0 fully saturated rings. The number of nitrogens with zero attached hydrogens (tertiary/aromatic N) is 1. The number of anilines is 1. The van der Waals surface area contributed by atoms with Crippen molar-refractivity contribution >= 4 is 28.7 Å². The maximum Gasteiger partial charge on any atom is 0.342 e. The summed E-state index contributed by atoms with van der Waals surface area (Å²) >= 11 is 0. The molecule has 0 amide bonds. The number of ketones is 1. The van der Waals surface area contributed by atoms with Crippen LogP contribution in [0.1, 0.15) is 41.8 Å². The number of phenols is 1. The summed E-state index contributed by atoms with van der Waals surface area (Å²) in [5.74, 6) is -0.497. The lowest BCUT2D eigenvalue weighted by Crippen LogP contribution is -2.56. The third kappa shape index (κ3) is 2.93. The fraction of sp³-hybridized carbons (Fsp3) is 0.185. The number of ether oxygens (including phenoxy) is 1. The fourth-order valence-electron chi connectivity index (χ4n) is 4.70. The first-order valence-electron chi connectivity index (χ1n) is 10.7. The molecule has 0 saturated carbocycles. The van der Waals surface area contributed by atoms with E-state index in [4.69, 9.17) is 4.74 Å². The number of esters is 1. The summed E-state index contributed by atoms with van der Waals surface area (Å²) in [5.41, 5.74) is 2.29. The first-order chi connectivity index (χ1) is 15.4. The van der Waals surface area contributed by atoms with E-state index in [1.807, 2.05) is 61.2 Å². The molecule has 0 radical (unpaired) electrons. The van der Waals surface area contributed by atoms with Gasteiger partial charge in [0.25, 0.3) is 5.72 Å². The van der Waals surface area contributed by atoms with Crippen molar-refractivity contribution in [3.05, 3.63) is 95.6 Å². The number of fused-ring (bicyclic) bond motifs is 3. The van der Waals surface area contributed by atoms with E-state index in [9.17, 15) is 14.7 Å². The minimum atomic E-state index is -1.46. The van der Waals surface area contributed by atoms with Gasteiger partial charge in [-0.25, -0.2) is 4.79 Å². The Morgan fingerprint density at radius 3 is 2.22 bits per heavy atom. The molecule has 1 N–H and O–H groups in total. The molecule has 2 aliphatic rings. The number of benzene rings is 3. The van der Waals surface area contributed by atoms with Crippen LogP contribution >= 0.6 is 0 Å². The van der Waals surface area contributed by atoms with Crippen LogP contribution < -0.4 is 4.90 Å². The van der Waals surface area contributed by atoms with Gasteiger partial charge in [0.1, 0.15) is 5.75 Å². The average Bonchev–Trinajstić information content (AvgIpc) is 3.03. The molecule has 0 bridgehead atoms. The molecule has 3 aromatic carbocycles. The molecule has 160 valence electrons. The normalized spacial score (nSPS) is 19.8. The van der Waals surface area contributed by atoms with Gasteiger partial charge in [-0.15, -0.1) is 0 Å². The van der Waals surface area contributed by atoms with Crippen LogP contribution in [0.5, 0.6) is 5.75 Å². The van der Waals surface area contributed by atoms with E-state index in [1.54, 1.807) is 36.4 Å². The van der Waals surface area contributed by atoms with Crippen LogP contribution in [0, 0.1) is 5.92 Å². The van der Waals surface area contributed by atoms with Crippen molar-refractivity contribution in [2.24, 2.45) is 5.92 Å². The van der Waals surface area contributed by atoms with Crippen LogP contribution in [0.3, 0.4) is 0 Å². The predicted octanol–water partition coefficient (Wildman–Crippen LogP) is 5.26. The quantitative estimate of drug-likeness (QED) is 0.578. The number of Topliss-reactive ketones (excluding diaryl/α,β-unsaturated/α-hetero) is 1. The van der Waals surface area contributed by atoms with Crippen molar-refractivity contribution in [2.75, 3.05) is 4.90 Å². The maximum absolute atomic E-state index is 14.2. The second-order valence-electron chi connectivity index (χ2n) is 8.59. The highest BCUT2D eigenvalue weighted by atomic mass is 16.6. The van der Waals surface area contributed by atoms with E-state index >= 15 is 0 Å². The number of phenolic OH excluding ortho intramolecular Hbond substituents is 1. The summed E-state index contributed by atoms with van der Waals surface area (Å²) in [6.07, 6.45) is 0.351. The van der Waals surface area contributed by atoms with Gasteiger partial charge in [-0.1, -0.05) is 56.3 Å². The number of para-hydroxylation sites is 1. The zero-order valence-electron chi connectivity index (χ0n) is 17.9. The molecule has 5 nitrogen and oxygen atoms in total. The number of carbonyl (C=O) groups excluding carboxylic acids is 2. The lowest BCUT2D eigenvalue weighted by molar-refractivity contribution is -0.132. The Hall–Kier alpha value is -3.86. The topological polar surface area (TPSA) is 66.8 Å². The molecular formula is C27H23NO4. The molecule has 2 heterocycles. The molecule has 5 rings (SSSR count). The highest BCUT2D eigenvalue weighted by Gasteiger charge is 2.60. The van der Waals surface area contributed by atoms with Crippen LogP contribution in [0.25, 0.3) is 11.3 Å². The van der Waals surface area contributed by atoms with E-state index in [1.165, 1.54) is 0 Å². The molecule has 0 aliphatic carbocycles. The summed E-state index contributed by atoms with van der Waals surface area (Å²) < 4.78 is 6.02. The predicted molar refractivity (Wildman–Crippen MR) is 123 cm³/mol. The Morgan fingerprint density at radius 1 is 0.875 bits per heavy atom. The van der Waals surface area contributed by atoms with Crippen LogP contribution in [0.4, 0.5) is 5.69 Å². The largest absolute Gasteiger partial charge is 0.508 e. The summed E-state index contributed by atoms with van der Waals surface area (Å²) in [7, 11) is 0. The van der Waals surface area contributed by atoms with Crippen molar-refractivity contribution in [1.29, 1.82) is 0 Å². The van der Waals surface area contributed by atoms with Crippen LogP contribution in [-0.2, 0) is 9.53 Å². The first kappa shape index (κ1) is 20.1. The van der Waals surface area contributed by atoms with Gasteiger partial charge >= 0.3 is 5.97 Å². The van der Waals surface area contributed by atoms with E-state index in [0.29, 0.717) is 28.9 Å². The lowest BCUT2D eigenvalue weighted by atomic mass is 9.90. The molecule has 1 unspecified atom stereocenters. The monoisotopic (exact) mass is 425 g/mol. The minimum absolute atomic E-state index is 0.0932. The van der Waals surface area contributed by atoms with Gasteiger partial charge in [0.05, 0.1) is 22.5 Å². The Bertz CT molecular complexity index is 1240.